The molecular weight excluding hydrogens is 374 g/mol. The molecule has 1 aliphatic carbocycles. The van der Waals surface area contributed by atoms with Crippen molar-refractivity contribution < 1.29 is 29.1 Å². The Hall–Kier alpha value is -3.19. The van der Waals surface area contributed by atoms with Gasteiger partial charge in [0.05, 0.1) is 18.1 Å². The van der Waals surface area contributed by atoms with Crippen molar-refractivity contribution in [3.63, 3.8) is 0 Å². The van der Waals surface area contributed by atoms with Gasteiger partial charge in [0.1, 0.15) is 5.75 Å². The molecule has 0 atom stereocenters. The molecule has 1 aliphatic rings. The van der Waals surface area contributed by atoms with Gasteiger partial charge in [-0.3, -0.25) is 14.8 Å². The first-order valence-electron chi connectivity index (χ1n) is 9.46. The second kappa shape index (κ2) is 8.87. The van der Waals surface area contributed by atoms with Gasteiger partial charge in [-0.2, -0.15) is 0 Å². The molecule has 0 aliphatic heterocycles. The van der Waals surface area contributed by atoms with E-state index in [9.17, 15) is 14.4 Å². The summed E-state index contributed by atoms with van der Waals surface area (Å²) in [5.74, 6) is -1.11. The number of benzene rings is 2. The number of carbonyl (C=O) groups excluding carboxylic acids is 3. The summed E-state index contributed by atoms with van der Waals surface area (Å²) >= 11 is 0. The smallest absolute Gasteiger partial charge is 0.337 e. The Bertz CT molecular complexity index is 883. The van der Waals surface area contributed by atoms with Gasteiger partial charge in [-0.25, -0.2) is 10.3 Å². The zero-order chi connectivity index (χ0) is 20.9. The Morgan fingerprint density at radius 1 is 0.897 bits per heavy atom. The molecule has 0 bridgehead atoms. The lowest BCUT2D eigenvalue weighted by atomic mass is 9.69. The molecule has 7 heteroatoms. The molecule has 2 N–H and O–H groups in total. The summed E-state index contributed by atoms with van der Waals surface area (Å²) < 4.78 is 10.4. The highest BCUT2D eigenvalue weighted by molar-refractivity contribution is 5.93. The third-order valence-corrected chi connectivity index (χ3v) is 5.39. The third-order valence-electron chi connectivity index (χ3n) is 5.39. The normalized spacial score (nSPS) is 15.2. The maximum Gasteiger partial charge on any atom is 0.337 e. The van der Waals surface area contributed by atoms with Crippen LogP contribution in [0.4, 0.5) is 0 Å². The summed E-state index contributed by atoms with van der Waals surface area (Å²) in [6, 6.07) is 12.8. The number of amides is 1. The van der Waals surface area contributed by atoms with Gasteiger partial charge in [0.25, 0.3) is 5.91 Å². The van der Waals surface area contributed by atoms with Crippen LogP contribution >= 0.6 is 0 Å². The summed E-state index contributed by atoms with van der Waals surface area (Å²) in [4.78, 5) is 36.3. The van der Waals surface area contributed by atoms with Gasteiger partial charge in [0.2, 0.25) is 0 Å². The van der Waals surface area contributed by atoms with Gasteiger partial charge in [0.15, 0.2) is 0 Å². The van der Waals surface area contributed by atoms with Crippen LogP contribution in [0.2, 0.25) is 0 Å². The van der Waals surface area contributed by atoms with Crippen molar-refractivity contribution in [3.8, 4) is 5.75 Å². The van der Waals surface area contributed by atoms with E-state index >= 15 is 0 Å². The zero-order valence-corrected chi connectivity index (χ0v) is 16.1. The number of ether oxygens (including phenoxy) is 2. The molecule has 2 aromatic rings. The average Bonchev–Trinajstić information content (AvgIpc) is 2.79. The van der Waals surface area contributed by atoms with Crippen molar-refractivity contribution in [3.05, 3.63) is 65.2 Å². The summed E-state index contributed by atoms with van der Waals surface area (Å²) in [5, 5.41) is 8.69. The SMILES string of the molecule is COC(=O)c1ccc(C2(C(=O)Oc3ccc(C(=O)NO)cc3)CCCCC2)cc1. The van der Waals surface area contributed by atoms with Crippen LogP contribution < -0.4 is 10.2 Å². The Morgan fingerprint density at radius 3 is 2.03 bits per heavy atom. The lowest BCUT2D eigenvalue weighted by Gasteiger charge is -2.35. The highest BCUT2D eigenvalue weighted by Crippen LogP contribution is 2.41. The number of methoxy groups -OCH3 is 1. The van der Waals surface area contributed by atoms with Crippen LogP contribution in [0, 0.1) is 0 Å². The largest absolute Gasteiger partial charge is 0.465 e. The Balaban J connectivity index is 1.85. The minimum atomic E-state index is -0.784. The van der Waals surface area contributed by atoms with E-state index in [0.29, 0.717) is 24.2 Å². The first-order chi connectivity index (χ1) is 14.0. The van der Waals surface area contributed by atoms with Crippen molar-refractivity contribution in [1.82, 2.24) is 5.48 Å². The highest BCUT2D eigenvalue weighted by Gasteiger charge is 2.43. The number of hydrogen-bond donors (Lipinski definition) is 2. The molecule has 1 saturated carbocycles. The fraction of sp³-hybridized carbons (Fsp3) is 0.318. The molecule has 29 heavy (non-hydrogen) atoms. The third kappa shape index (κ3) is 4.30. The number of rotatable bonds is 5. The number of carbonyl (C=O) groups is 3. The fourth-order valence-electron chi connectivity index (χ4n) is 3.75. The van der Waals surface area contributed by atoms with E-state index < -0.39 is 17.3 Å². The second-order valence-corrected chi connectivity index (χ2v) is 7.07. The molecule has 1 amide bonds. The molecule has 152 valence electrons. The number of esters is 2. The monoisotopic (exact) mass is 397 g/mol. The van der Waals surface area contributed by atoms with Gasteiger partial charge >= 0.3 is 11.9 Å². The van der Waals surface area contributed by atoms with E-state index in [2.05, 4.69) is 0 Å². The molecule has 0 radical (unpaired) electrons. The van der Waals surface area contributed by atoms with Gasteiger partial charge in [-0.1, -0.05) is 31.4 Å². The summed E-state index contributed by atoms with van der Waals surface area (Å²) in [5.41, 5.74) is 2.26. The van der Waals surface area contributed by atoms with Crippen LogP contribution in [0.3, 0.4) is 0 Å². The lowest BCUT2D eigenvalue weighted by Crippen LogP contribution is -2.41. The molecule has 0 saturated heterocycles. The van der Waals surface area contributed by atoms with Gasteiger partial charge in [-0.15, -0.1) is 0 Å². The summed E-state index contributed by atoms with van der Waals surface area (Å²) in [6.07, 6.45) is 4.19. The second-order valence-electron chi connectivity index (χ2n) is 7.07. The first kappa shape index (κ1) is 20.5. The quantitative estimate of drug-likeness (QED) is 0.347. The Morgan fingerprint density at radius 2 is 1.48 bits per heavy atom. The van der Waals surface area contributed by atoms with E-state index in [1.165, 1.54) is 31.4 Å². The maximum atomic E-state index is 13.2. The summed E-state index contributed by atoms with van der Waals surface area (Å²) in [6.45, 7) is 0. The van der Waals surface area contributed by atoms with E-state index in [1.807, 2.05) is 0 Å². The predicted molar refractivity (Wildman–Crippen MR) is 104 cm³/mol. The fourth-order valence-corrected chi connectivity index (χ4v) is 3.75. The van der Waals surface area contributed by atoms with Crippen LogP contribution in [0.25, 0.3) is 0 Å². The van der Waals surface area contributed by atoms with Crippen LogP contribution in [0.5, 0.6) is 5.75 Å². The van der Waals surface area contributed by atoms with Crippen molar-refractivity contribution in [2.75, 3.05) is 7.11 Å². The first-order valence-corrected chi connectivity index (χ1v) is 9.46. The predicted octanol–water partition coefficient (Wildman–Crippen LogP) is 3.40. The van der Waals surface area contributed by atoms with Crippen LogP contribution in [0.1, 0.15) is 58.4 Å². The number of hydrogen-bond acceptors (Lipinski definition) is 6. The van der Waals surface area contributed by atoms with E-state index in [4.69, 9.17) is 14.7 Å². The van der Waals surface area contributed by atoms with E-state index in [1.54, 1.807) is 29.7 Å². The minimum Gasteiger partial charge on any atom is -0.465 e. The standard InChI is InChI=1S/C22H23NO6/c1-28-20(25)16-5-9-17(10-6-16)22(13-3-2-4-14-22)21(26)29-18-11-7-15(8-12-18)19(24)23-27/h5-12,27H,2-4,13-14H2,1H3,(H,23,24). The van der Waals surface area contributed by atoms with Gasteiger partial charge < -0.3 is 9.47 Å². The van der Waals surface area contributed by atoms with E-state index in [-0.39, 0.29) is 11.5 Å². The van der Waals surface area contributed by atoms with Crippen molar-refractivity contribution in [2.24, 2.45) is 0 Å². The van der Waals surface area contributed by atoms with Crippen LogP contribution in [-0.2, 0) is 14.9 Å². The average molecular weight is 397 g/mol. The van der Waals surface area contributed by atoms with Crippen molar-refractivity contribution >= 4 is 17.8 Å². The van der Waals surface area contributed by atoms with Crippen LogP contribution in [0.15, 0.2) is 48.5 Å². The molecule has 0 aromatic heterocycles. The summed E-state index contributed by atoms with van der Waals surface area (Å²) in [7, 11) is 1.33. The molecule has 2 aromatic carbocycles. The molecular formula is C22H23NO6. The van der Waals surface area contributed by atoms with Gasteiger partial charge in [-0.05, 0) is 54.8 Å². The molecule has 1 fully saturated rings. The molecule has 3 rings (SSSR count). The minimum absolute atomic E-state index is 0.248. The Kier molecular flexibility index (Phi) is 6.29. The number of nitrogens with one attached hydrogen (secondary N) is 1. The number of hydroxylamine groups is 1. The molecule has 0 unspecified atom stereocenters. The molecule has 0 spiro atoms. The van der Waals surface area contributed by atoms with Crippen molar-refractivity contribution in [2.45, 2.75) is 37.5 Å². The Labute approximate surface area is 168 Å². The van der Waals surface area contributed by atoms with Gasteiger partial charge in [0, 0.05) is 5.56 Å². The van der Waals surface area contributed by atoms with E-state index in [0.717, 1.165) is 24.8 Å². The topological polar surface area (TPSA) is 102 Å². The highest BCUT2D eigenvalue weighted by atomic mass is 16.5. The van der Waals surface area contributed by atoms with Crippen LogP contribution in [-0.4, -0.2) is 30.2 Å². The lowest BCUT2D eigenvalue weighted by molar-refractivity contribution is -0.142. The zero-order valence-electron chi connectivity index (χ0n) is 16.1. The molecule has 7 nitrogen and oxygen atoms in total. The van der Waals surface area contributed by atoms with Crippen molar-refractivity contribution in [1.29, 1.82) is 0 Å². The molecule has 0 heterocycles. The maximum absolute atomic E-state index is 13.2.